The van der Waals surface area contributed by atoms with Crippen molar-refractivity contribution < 1.29 is 36.0 Å². The number of benzene rings is 3. The molecule has 0 unspecified atom stereocenters. The molecule has 37 heavy (non-hydrogen) atoms. The number of hydrogen-bond donors (Lipinski definition) is 0. The topological polar surface area (TPSA) is 61.6 Å². The number of aliphatic imine (C=N–C) groups is 2. The van der Waals surface area contributed by atoms with E-state index in [2.05, 4.69) is 0 Å². The number of methoxy groups -OCH3 is 2. The first kappa shape index (κ1) is 28.1. The van der Waals surface area contributed by atoms with Gasteiger partial charge in [-0.05, 0) is 47.5 Å². The fraction of sp³-hybridized carbons (Fsp3) is 0.231. The second-order valence-electron chi connectivity index (χ2n) is 7.95. The number of nitrogens with zero attached hydrogens (tertiary/aromatic N) is 2. The summed E-state index contributed by atoms with van der Waals surface area (Å²) in [6, 6.07) is 18.8. The average Bonchev–Trinajstić information content (AvgIpc) is 3.61. The van der Waals surface area contributed by atoms with E-state index in [4.69, 9.17) is 70.7 Å². The van der Waals surface area contributed by atoms with Gasteiger partial charge in [0.15, 0.2) is 0 Å². The molecular weight excluding hydrogens is 594 g/mol. The van der Waals surface area contributed by atoms with Crippen molar-refractivity contribution in [2.24, 2.45) is 9.98 Å². The van der Waals surface area contributed by atoms with Crippen LogP contribution in [0.2, 0.25) is 10.0 Å². The van der Waals surface area contributed by atoms with Gasteiger partial charge in [-0.25, -0.2) is 9.98 Å². The number of halogens is 4. The summed E-state index contributed by atoms with van der Waals surface area (Å²) in [6.07, 6.45) is 0. The molecule has 192 valence electrons. The zero-order valence-electron chi connectivity index (χ0n) is 19.9. The zero-order chi connectivity index (χ0) is 26.4. The molecule has 0 amide bonds. The molecule has 0 saturated heterocycles. The quantitative estimate of drug-likeness (QED) is 0.271. The molecule has 2 heterocycles. The Labute approximate surface area is 242 Å². The summed E-state index contributed by atoms with van der Waals surface area (Å²) in [5.41, 5.74) is 3.46. The molecule has 0 bridgehead atoms. The normalized spacial score (nSPS) is 18.0. The number of rotatable bonds is 6. The summed E-state index contributed by atoms with van der Waals surface area (Å²) < 4.78 is 22.5. The van der Waals surface area contributed by atoms with Gasteiger partial charge in [-0.3, -0.25) is 0 Å². The Kier molecular flexibility index (Phi) is 10.0. The molecule has 2 aliphatic heterocycles. The summed E-state index contributed by atoms with van der Waals surface area (Å²) in [6.45, 7) is 0.840. The van der Waals surface area contributed by atoms with E-state index in [0.29, 0.717) is 46.2 Å². The zero-order valence-corrected chi connectivity index (χ0v) is 24.5. The molecule has 3 aromatic rings. The third-order valence-electron chi connectivity index (χ3n) is 5.82. The van der Waals surface area contributed by atoms with Crippen LogP contribution in [0.3, 0.4) is 0 Å². The van der Waals surface area contributed by atoms with Crippen molar-refractivity contribution in [3.05, 3.63) is 93.0 Å². The van der Waals surface area contributed by atoms with Crippen LogP contribution in [0.1, 0.15) is 34.3 Å². The van der Waals surface area contributed by atoms with Crippen LogP contribution in [-0.2, 0) is 26.5 Å². The van der Waals surface area contributed by atoms with Gasteiger partial charge in [0.25, 0.3) is 0 Å². The van der Waals surface area contributed by atoms with Crippen molar-refractivity contribution in [1.29, 1.82) is 0 Å². The van der Waals surface area contributed by atoms with Gasteiger partial charge in [0.2, 0.25) is 11.8 Å². The molecule has 2 aliphatic rings. The SMILES string of the molecule is COc1ccc([C@H]2COC(c3cc(Cl)c(Cl)cc3C3=N[C@@H](c4ccc(OC)cc4)CO3)=N2)cc1.[Cl][Ti][Cl]. The van der Waals surface area contributed by atoms with Crippen molar-refractivity contribution in [3.63, 3.8) is 0 Å². The molecular formula is C26H22Cl4N2O4Ti. The molecule has 6 nitrogen and oxygen atoms in total. The Morgan fingerprint density at radius 2 is 1.05 bits per heavy atom. The standard InChI is InChI=1S/C26H22Cl2N2O4.2ClH.Ti/c1-31-17-7-3-15(4-8-17)23-13-33-25(29-23)19-11-21(27)22(28)12-20(19)26-30-24(14-34-26)16-5-9-18(32-2)10-6-16;;;/h3-12,23-24H,13-14H2,1-2H3;2*1H;/q;;;+2/p-2/t23-,24-;;;/m1.../s1. The molecule has 2 atom stereocenters. The molecule has 3 aromatic carbocycles. The predicted octanol–water partition coefficient (Wildman–Crippen LogP) is 7.42. The molecule has 0 aromatic heterocycles. The summed E-state index contributed by atoms with van der Waals surface area (Å²) in [5.74, 6) is 2.55. The molecule has 0 spiro atoms. The van der Waals surface area contributed by atoms with E-state index < -0.39 is 17.0 Å². The Balaban J connectivity index is 0.00000102. The number of hydrogen-bond acceptors (Lipinski definition) is 6. The van der Waals surface area contributed by atoms with E-state index in [1.165, 1.54) is 0 Å². The van der Waals surface area contributed by atoms with Crippen molar-refractivity contribution in [1.82, 2.24) is 0 Å². The van der Waals surface area contributed by atoms with Gasteiger partial charge in [-0.1, -0.05) is 47.5 Å². The summed E-state index contributed by atoms with van der Waals surface area (Å²) in [7, 11) is 13.1. The van der Waals surface area contributed by atoms with Crippen LogP contribution < -0.4 is 9.47 Å². The van der Waals surface area contributed by atoms with Crippen molar-refractivity contribution >= 4 is 53.6 Å². The molecule has 0 saturated carbocycles. The molecule has 0 fully saturated rings. The van der Waals surface area contributed by atoms with Crippen LogP contribution in [0.5, 0.6) is 11.5 Å². The van der Waals surface area contributed by atoms with Crippen LogP contribution in [0.4, 0.5) is 0 Å². The first-order valence-electron chi connectivity index (χ1n) is 11.1. The van der Waals surface area contributed by atoms with Gasteiger partial charge in [0.05, 0.1) is 35.4 Å². The average molecular weight is 616 g/mol. The maximum atomic E-state index is 6.36. The predicted molar refractivity (Wildman–Crippen MR) is 145 cm³/mol. The third kappa shape index (κ3) is 6.75. The fourth-order valence-corrected chi connectivity index (χ4v) is 4.26. The van der Waals surface area contributed by atoms with Crippen LogP contribution in [0, 0.1) is 0 Å². The second kappa shape index (κ2) is 13.2. The monoisotopic (exact) mass is 614 g/mol. The van der Waals surface area contributed by atoms with E-state index in [9.17, 15) is 0 Å². The third-order valence-corrected chi connectivity index (χ3v) is 6.55. The van der Waals surface area contributed by atoms with Crippen LogP contribution >= 0.6 is 41.8 Å². The molecule has 0 radical (unpaired) electrons. The summed E-state index contributed by atoms with van der Waals surface area (Å²) >= 11 is 12.2. The van der Waals surface area contributed by atoms with Gasteiger partial charge >= 0.3 is 35.6 Å². The van der Waals surface area contributed by atoms with Gasteiger partial charge in [-0.15, -0.1) is 0 Å². The van der Waals surface area contributed by atoms with Gasteiger partial charge in [0, 0.05) is 0 Å². The van der Waals surface area contributed by atoms with Crippen molar-refractivity contribution in [3.8, 4) is 11.5 Å². The van der Waals surface area contributed by atoms with E-state index in [1.54, 1.807) is 26.4 Å². The van der Waals surface area contributed by atoms with Crippen LogP contribution in [-0.4, -0.2) is 39.2 Å². The van der Waals surface area contributed by atoms with Crippen molar-refractivity contribution in [2.45, 2.75) is 12.1 Å². The van der Waals surface area contributed by atoms with E-state index >= 15 is 0 Å². The van der Waals surface area contributed by atoms with E-state index in [1.807, 2.05) is 48.5 Å². The fourth-order valence-electron chi connectivity index (χ4n) is 3.94. The molecule has 0 aliphatic carbocycles. The van der Waals surface area contributed by atoms with Gasteiger partial charge < -0.3 is 18.9 Å². The van der Waals surface area contributed by atoms with Gasteiger partial charge in [-0.2, -0.15) is 0 Å². The maximum absolute atomic E-state index is 6.36. The van der Waals surface area contributed by atoms with Crippen LogP contribution in [0.25, 0.3) is 0 Å². The minimum absolute atomic E-state index is 0.137. The summed E-state index contributed by atoms with van der Waals surface area (Å²) in [5, 5.41) is 0.815. The summed E-state index contributed by atoms with van der Waals surface area (Å²) in [4.78, 5) is 9.62. The molecule has 0 N–H and O–H groups in total. The Bertz CT molecular complexity index is 1190. The van der Waals surface area contributed by atoms with Crippen molar-refractivity contribution in [2.75, 3.05) is 27.4 Å². The first-order valence-corrected chi connectivity index (χ1v) is 16.2. The second-order valence-corrected chi connectivity index (χ2v) is 11.3. The Morgan fingerprint density at radius 1 is 0.703 bits per heavy atom. The van der Waals surface area contributed by atoms with Gasteiger partial charge in [0.1, 0.15) is 36.8 Å². The van der Waals surface area contributed by atoms with E-state index in [-0.39, 0.29) is 12.1 Å². The molecule has 11 heteroatoms. The number of ether oxygens (including phenoxy) is 4. The first-order chi connectivity index (χ1) is 18.0. The minimum atomic E-state index is -0.556. The Morgan fingerprint density at radius 3 is 1.38 bits per heavy atom. The van der Waals surface area contributed by atoms with Crippen LogP contribution in [0.15, 0.2) is 70.6 Å². The Hall–Kier alpha value is -1.93. The van der Waals surface area contributed by atoms with E-state index in [0.717, 1.165) is 22.6 Å². The molecule has 5 rings (SSSR count).